The minimum atomic E-state index is -4.49. The van der Waals surface area contributed by atoms with Crippen LogP contribution < -0.4 is 5.32 Å². The molecule has 2 rings (SSSR count). The van der Waals surface area contributed by atoms with Gasteiger partial charge in [0.25, 0.3) is 5.91 Å². The highest BCUT2D eigenvalue weighted by Crippen LogP contribution is 2.34. The molecule has 0 saturated carbocycles. The molecular formula is C14H11ClF3NOS. The topological polar surface area (TPSA) is 29.1 Å². The van der Waals surface area contributed by atoms with E-state index in [0.717, 1.165) is 28.6 Å². The van der Waals surface area contributed by atoms with Crippen LogP contribution in [0.1, 0.15) is 26.4 Å². The van der Waals surface area contributed by atoms with Crippen LogP contribution in [0, 0.1) is 13.8 Å². The van der Waals surface area contributed by atoms with Gasteiger partial charge in [0.2, 0.25) is 0 Å². The molecule has 0 unspecified atom stereocenters. The fraction of sp³-hybridized carbons (Fsp3) is 0.214. The van der Waals surface area contributed by atoms with Crippen molar-refractivity contribution in [2.24, 2.45) is 0 Å². The number of carbonyl (C=O) groups is 1. The third kappa shape index (κ3) is 3.39. The Kier molecular flexibility index (Phi) is 4.30. The van der Waals surface area contributed by atoms with Gasteiger partial charge in [0.05, 0.1) is 21.8 Å². The van der Waals surface area contributed by atoms with E-state index in [2.05, 4.69) is 5.32 Å². The van der Waals surface area contributed by atoms with E-state index >= 15 is 0 Å². The molecule has 0 fully saturated rings. The van der Waals surface area contributed by atoms with E-state index in [1.165, 1.54) is 11.3 Å². The molecule has 2 nitrogen and oxygen atoms in total. The molecule has 1 aromatic carbocycles. The fourth-order valence-electron chi connectivity index (χ4n) is 1.72. The normalized spacial score (nSPS) is 11.5. The van der Waals surface area contributed by atoms with Crippen molar-refractivity contribution < 1.29 is 18.0 Å². The molecule has 0 aliphatic heterocycles. The SMILES string of the molecule is Cc1scc(C(=O)Nc2cc(C(F)(F)F)ccc2Cl)c1C. The summed E-state index contributed by atoms with van der Waals surface area (Å²) in [6.07, 6.45) is -4.49. The lowest BCUT2D eigenvalue weighted by molar-refractivity contribution is -0.137. The molecule has 7 heteroatoms. The summed E-state index contributed by atoms with van der Waals surface area (Å²) in [5.41, 5.74) is 0.326. The summed E-state index contributed by atoms with van der Waals surface area (Å²) in [4.78, 5) is 13.1. The number of thiophene rings is 1. The van der Waals surface area contributed by atoms with Crippen LogP contribution in [-0.4, -0.2) is 5.91 Å². The first-order valence-electron chi connectivity index (χ1n) is 5.93. The molecule has 2 aromatic rings. The first-order valence-corrected chi connectivity index (χ1v) is 7.18. The van der Waals surface area contributed by atoms with Crippen LogP contribution in [0.5, 0.6) is 0 Å². The lowest BCUT2D eigenvalue weighted by Crippen LogP contribution is -2.14. The second kappa shape index (κ2) is 5.69. The second-order valence-corrected chi connectivity index (χ2v) is 5.97. The first-order chi connectivity index (χ1) is 9.70. The maximum atomic E-state index is 12.7. The number of nitrogens with one attached hydrogen (secondary N) is 1. The number of rotatable bonds is 2. The highest BCUT2D eigenvalue weighted by atomic mass is 35.5. The largest absolute Gasteiger partial charge is 0.416 e. The zero-order valence-electron chi connectivity index (χ0n) is 11.1. The molecule has 21 heavy (non-hydrogen) atoms. The number of halogens is 4. The van der Waals surface area contributed by atoms with Gasteiger partial charge in [-0.15, -0.1) is 11.3 Å². The summed E-state index contributed by atoms with van der Waals surface area (Å²) in [6, 6.07) is 2.82. The number of carbonyl (C=O) groups excluding carboxylic acids is 1. The number of aryl methyl sites for hydroxylation is 1. The number of amides is 1. The van der Waals surface area contributed by atoms with Crippen LogP contribution in [-0.2, 0) is 6.18 Å². The Morgan fingerprint density at radius 3 is 2.48 bits per heavy atom. The summed E-state index contributed by atoms with van der Waals surface area (Å²) in [5, 5.41) is 4.15. The molecule has 0 radical (unpaired) electrons. The van der Waals surface area contributed by atoms with Crippen molar-refractivity contribution in [2.45, 2.75) is 20.0 Å². The molecule has 0 saturated heterocycles. The predicted octanol–water partition coefficient (Wildman–Crippen LogP) is 5.29. The molecular weight excluding hydrogens is 323 g/mol. The Morgan fingerprint density at radius 1 is 1.29 bits per heavy atom. The lowest BCUT2D eigenvalue weighted by Gasteiger charge is -2.11. The van der Waals surface area contributed by atoms with Crippen LogP contribution in [0.25, 0.3) is 0 Å². The minimum Gasteiger partial charge on any atom is -0.321 e. The minimum absolute atomic E-state index is 0.0558. The monoisotopic (exact) mass is 333 g/mol. The van der Waals surface area contributed by atoms with Crippen molar-refractivity contribution in [1.82, 2.24) is 0 Å². The third-order valence-electron chi connectivity index (χ3n) is 3.07. The van der Waals surface area contributed by atoms with Crippen molar-refractivity contribution in [2.75, 3.05) is 5.32 Å². The summed E-state index contributed by atoms with van der Waals surface area (Å²) in [7, 11) is 0. The molecule has 0 bridgehead atoms. The van der Waals surface area contributed by atoms with Gasteiger partial charge >= 0.3 is 6.18 Å². The Morgan fingerprint density at radius 2 is 1.95 bits per heavy atom. The molecule has 0 aliphatic carbocycles. The standard InChI is InChI=1S/C14H11ClF3NOS/c1-7-8(2)21-6-10(7)13(20)19-12-5-9(14(16,17)18)3-4-11(12)15/h3-6H,1-2H3,(H,19,20). The summed E-state index contributed by atoms with van der Waals surface area (Å²) in [5.74, 6) is -0.474. The third-order valence-corrected chi connectivity index (χ3v) is 4.42. The number of hydrogen-bond donors (Lipinski definition) is 1. The average Bonchev–Trinajstić information content (AvgIpc) is 2.71. The maximum Gasteiger partial charge on any atom is 0.416 e. The number of hydrogen-bond acceptors (Lipinski definition) is 2. The Labute approximate surface area is 128 Å². The van der Waals surface area contributed by atoms with Crippen molar-refractivity contribution in [3.05, 3.63) is 50.2 Å². The maximum absolute atomic E-state index is 12.7. The Hall–Kier alpha value is -1.53. The number of alkyl halides is 3. The molecule has 1 aromatic heterocycles. The first kappa shape index (κ1) is 15.9. The molecule has 1 amide bonds. The molecule has 0 atom stereocenters. The summed E-state index contributed by atoms with van der Waals surface area (Å²) < 4.78 is 38.0. The highest BCUT2D eigenvalue weighted by molar-refractivity contribution is 7.10. The smallest absolute Gasteiger partial charge is 0.321 e. The van der Waals surface area contributed by atoms with Gasteiger partial charge in [-0.3, -0.25) is 4.79 Å². The van der Waals surface area contributed by atoms with Gasteiger partial charge in [-0.25, -0.2) is 0 Å². The zero-order valence-corrected chi connectivity index (χ0v) is 12.7. The van der Waals surface area contributed by atoms with E-state index in [0.29, 0.717) is 5.56 Å². The number of benzene rings is 1. The van der Waals surface area contributed by atoms with E-state index in [4.69, 9.17) is 11.6 Å². The van der Waals surface area contributed by atoms with E-state index in [-0.39, 0.29) is 10.7 Å². The molecule has 1 N–H and O–H groups in total. The van der Waals surface area contributed by atoms with Gasteiger partial charge in [0.15, 0.2) is 0 Å². The van der Waals surface area contributed by atoms with Gasteiger partial charge in [-0.1, -0.05) is 11.6 Å². The zero-order chi connectivity index (χ0) is 15.8. The van der Waals surface area contributed by atoms with E-state index < -0.39 is 17.6 Å². The van der Waals surface area contributed by atoms with Crippen LogP contribution in [0.3, 0.4) is 0 Å². The average molecular weight is 334 g/mol. The van der Waals surface area contributed by atoms with Crippen LogP contribution in [0.4, 0.5) is 18.9 Å². The van der Waals surface area contributed by atoms with Crippen LogP contribution in [0.15, 0.2) is 23.6 Å². The summed E-state index contributed by atoms with van der Waals surface area (Å²) >= 11 is 7.25. The van der Waals surface area contributed by atoms with Crippen molar-refractivity contribution in [3.8, 4) is 0 Å². The Balaban J connectivity index is 2.31. The van der Waals surface area contributed by atoms with Crippen molar-refractivity contribution in [1.29, 1.82) is 0 Å². The van der Waals surface area contributed by atoms with Crippen LogP contribution in [0.2, 0.25) is 5.02 Å². The Bertz CT molecular complexity index is 694. The van der Waals surface area contributed by atoms with E-state index in [9.17, 15) is 18.0 Å². The molecule has 112 valence electrons. The van der Waals surface area contributed by atoms with Gasteiger partial charge in [-0.2, -0.15) is 13.2 Å². The lowest BCUT2D eigenvalue weighted by atomic mass is 10.1. The predicted molar refractivity (Wildman–Crippen MR) is 78.2 cm³/mol. The van der Waals surface area contributed by atoms with Gasteiger partial charge < -0.3 is 5.32 Å². The van der Waals surface area contributed by atoms with Crippen LogP contribution >= 0.6 is 22.9 Å². The van der Waals surface area contributed by atoms with Gasteiger partial charge in [-0.05, 0) is 37.6 Å². The van der Waals surface area contributed by atoms with Crippen molar-refractivity contribution >= 4 is 34.5 Å². The number of anilines is 1. The van der Waals surface area contributed by atoms with Crippen molar-refractivity contribution in [3.63, 3.8) is 0 Å². The quantitative estimate of drug-likeness (QED) is 0.795. The van der Waals surface area contributed by atoms with Gasteiger partial charge in [0.1, 0.15) is 0 Å². The molecule has 0 spiro atoms. The van der Waals surface area contributed by atoms with E-state index in [1.54, 1.807) is 12.3 Å². The second-order valence-electron chi connectivity index (χ2n) is 4.48. The fourth-order valence-corrected chi connectivity index (χ4v) is 2.75. The summed E-state index contributed by atoms with van der Waals surface area (Å²) in [6.45, 7) is 3.66. The molecule has 1 heterocycles. The van der Waals surface area contributed by atoms with E-state index in [1.807, 2.05) is 6.92 Å². The molecule has 0 aliphatic rings. The highest BCUT2D eigenvalue weighted by Gasteiger charge is 2.31. The van der Waals surface area contributed by atoms with Gasteiger partial charge in [0, 0.05) is 10.3 Å².